The van der Waals surface area contributed by atoms with Gasteiger partial charge in [0.1, 0.15) is 6.33 Å². The van der Waals surface area contributed by atoms with Gasteiger partial charge in [-0.05, 0) is 18.2 Å². The third kappa shape index (κ3) is 2.02. The van der Waals surface area contributed by atoms with Crippen molar-refractivity contribution in [3.8, 4) is 10.9 Å². The summed E-state index contributed by atoms with van der Waals surface area (Å²) < 4.78 is 10.1. The molecule has 4 nitrogen and oxygen atoms in total. The van der Waals surface area contributed by atoms with E-state index in [2.05, 4.69) is 25.3 Å². The van der Waals surface area contributed by atoms with E-state index in [9.17, 15) is 0 Å². The molecule has 0 atom stereocenters. The molecule has 0 bridgehead atoms. The molecule has 1 aromatic carbocycles. The van der Waals surface area contributed by atoms with Crippen LogP contribution in [-0.2, 0) is 0 Å². The van der Waals surface area contributed by atoms with Crippen molar-refractivity contribution in [2.75, 3.05) is 5.73 Å². The molecular formula is C8H6BrN3OS. The third-order valence-corrected chi connectivity index (χ3v) is 2.55. The van der Waals surface area contributed by atoms with E-state index < -0.39 is 0 Å². The molecule has 0 radical (unpaired) electrons. The molecule has 2 N–H and O–H groups in total. The van der Waals surface area contributed by atoms with E-state index in [0.29, 0.717) is 16.6 Å². The molecular weight excluding hydrogens is 266 g/mol. The van der Waals surface area contributed by atoms with Crippen LogP contribution < -0.4 is 10.5 Å². The van der Waals surface area contributed by atoms with Gasteiger partial charge < -0.3 is 10.5 Å². The molecule has 0 amide bonds. The van der Waals surface area contributed by atoms with Crippen LogP contribution >= 0.6 is 27.5 Å². The fourth-order valence-electron chi connectivity index (χ4n) is 0.914. The summed E-state index contributed by atoms with van der Waals surface area (Å²) in [4.78, 5) is 3.89. The van der Waals surface area contributed by atoms with Crippen molar-refractivity contribution in [2.45, 2.75) is 0 Å². The van der Waals surface area contributed by atoms with Crippen LogP contribution in [-0.4, -0.2) is 9.36 Å². The molecule has 1 heterocycles. The zero-order valence-corrected chi connectivity index (χ0v) is 9.38. The lowest BCUT2D eigenvalue weighted by Gasteiger charge is -2.04. The van der Waals surface area contributed by atoms with Gasteiger partial charge in [0.2, 0.25) is 0 Å². The van der Waals surface area contributed by atoms with Crippen molar-refractivity contribution in [3.63, 3.8) is 0 Å². The van der Waals surface area contributed by atoms with E-state index in [1.807, 2.05) is 6.07 Å². The summed E-state index contributed by atoms with van der Waals surface area (Å²) in [7, 11) is 0. The van der Waals surface area contributed by atoms with Crippen LogP contribution in [0.5, 0.6) is 10.9 Å². The third-order valence-electron chi connectivity index (χ3n) is 1.51. The number of ether oxygens (including phenoxy) is 1. The van der Waals surface area contributed by atoms with E-state index in [-0.39, 0.29) is 0 Å². The minimum atomic E-state index is 0.485. The molecule has 0 saturated carbocycles. The highest BCUT2D eigenvalue weighted by molar-refractivity contribution is 9.10. The molecule has 1 aromatic heterocycles. The van der Waals surface area contributed by atoms with Gasteiger partial charge in [-0.15, -0.1) is 0 Å². The molecule has 0 saturated heterocycles. The van der Waals surface area contributed by atoms with Crippen molar-refractivity contribution < 1.29 is 4.74 Å². The van der Waals surface area contributed by atoms with Crippen LogP contribution in [0.25, 0.3) is 0 Å². The summed E-state index contributed by atoms with van der Waals surface area (Å²) in [5, 5.41) is 0.485. The van der Waals surface area contributed by atoms with Gasteiger partial charge in [0.05, 0.1) is 5.69 Å². The Morgan fingerprint density at radius 3 is 2.93 bits per heavy atom. The maximum atomic E-state index is 5.74. The number of anilines is 1. The Bertz CT molecular complexity index is 432. The van der Waals surface area contributed by atoms with Crippen LogP contribution in [0.2, 0.25) is 0 Å². The number of nitrogen functional groups attached to an aromatic ring is 1. The van der Waals surface area contributed by atoms with E-state index >= 15 is 0 Å². The summed E-state index contributed by atoms with van der Waals surface area (Å²) in [5.41, 5.74) is 6.30. The molecule has 14 heavy (non-hydrogen) atoms. The Hall–Kier alpha value is -1.14. The lowest BCUT2D eigenvalue weighted by molar-refractivity contribution is 0.481. The SMILES string of the molecule is Nc1cc(Br)ccc1Oc1ncns1. The monoisotopic (exact) mass is 271 g/mol. The number of rotatable bonds is 2. The fourth-order valence-corrected chi connectivity index (χ4v) is 1.70. The van der Waals surface area contributed by atoms with E-state index in [1.165, 1.54) is 17.9 Å². The largest absolute Gasteiger partial charge is 0.428 e. The van der Waals surface area contributed by atoms with Crippen LogP contribution in [0.3, 0.4) is 0 Å². The zero-order chi connectivity index (χ0) is 9.97. The first-order valence-corrected chi connectivity index (χ1v) is 5.32. The number of aromatic nitrogens is 2. The Morgan fingerprint density at radius 1 is 1.43 bits per heavy atom. The van der Waals surface area contributed by atoms with Gasteiger partial charge in [-0.2, -0.15) is 9.36 Å². The molecule has 6 heteroatoms. The first kappa shape index (κ1) is 9.42. The van der Waals surface area contributed by atoms with Crippen molar-refractivity contribution >= 4 is 33.1 Å². The Kier molecular flexibility index (Phi) is 2.64. The Morgan fingerprint density at radius 2 is 2.29 bits per heavy atom. The molecule has 0 unspecified atom stereocenters. The predicted octanol–water partition coefficient (Wildman–Crippen LogP) is 2.68. The zero-order valence-electron chi connectivity index (χ0n) is 6.98. The number of hydrogen-bond donors (Lipinski definition) is 1. The standard InChI is InChI=1S/C8H6BrN3OS/c9-5-1-2-7(6(10)3-5)13-8-11-4-12-14-8/h1-4H,10H2. The minimum absolute atomic E-state index is 0.485. The number of nitrogens with zero attached hydrogens (tertiary/aromatic N) is 2. The topological polar surface area (TPSA) is 61.0 Å². The highest BCUT2D eigenvalue weighted by Crippen LogP contribution is 2.29. The van der Waals surface area contributed by atoms with Crippen LogP contribution in [0.1, 0.15) is 0 Å². The quantitative estimate of drug-likeness (QED) is 0.854. The molecule has 0 aliphatic heterocycles. The first-order chi connectivity index (χ1) is 6.75. The van der Waals surface area contributed by atoms with Crippen molar-refractivity contribution in [2.24, 2.45) is 0 Å². The minimum Gasteiger partial charge on any atom is -0.428 e. The number of halogens is 1. The normalized spacial score (nSPS) is 10.1. The molecule has 2 rings (SSSR count). The van der Waals surface area contributed by atoms with Gasteiger partial charge in [-0.25, -0.2) is 0 Å². The van der Waals surface area contributed by atoms with E-state index in [0.717, 1.165) is 4.47 Å². The number of hydrogen-bond acceptors (Lipinski definition) is 5. The summed E-state index contributed by atoms with van der Waals surface area (Å²) in [6.45, 7) is 0. The van der Waals surface area contributed by atoms with Gasteiger partial charge >= 0.3 is 0 Å². The van der Waals surface area contributed by atoms with Gasteiger partial charge in [0, 0.05) is 16.0 Å². The average molecular weight is 272 g/mol. The maximum absolute atomic E-state index is 5.74. The smallest absolute Gasteiger partial charge is 0.298 e. The van der Waals surface area contributed by atoms with Crippen LogP contribution in [0, 0.1) is 0 Å². The molecule has 2 aromatic rings. The van der Waals surface area contributed by atoms with Crippen LogP contribution in [0.15, 0.2) is 29.0 Å². The van der Waals surface area contributed by atoms with E-state index in [1.54, 1.807) is 12.1 Å². The van der Waals surface area contributed by atoms with Crippen molar-refractivity contribution in [1.82, 2.24) is 9.36 Å². The Balaban J connectivity index is 2.25. The van der Waals surface area contributed by atoms with Gasteiger partial charge in [-0.3, -0.25) is 0 Å². The highest BCUT2D eigenvalue weighted by Gasteiger charge is 2.04. The van der Waals surface area contributed by atoms with Crippen molar-refractivity contribution in [3.05, 3.63) is 29.0 Å². The second kappa shape index (κ2) is 3.93. The molecule has 0 spiro atoms. The summed E-state index contributed by atoms with van der Waals surface area (Å²) in [6, 6.07) is 5.41. The van der Waals surface area contributed by atoms with Crippen LogP contribution in [0.4, 0.5) is 5.69 Å². The molecule has 72 valence electrons. The lowest BCUT2D eigenvalue weighted by Crippen LogP contribution is -1.91. The van der Waals surface area contributed by atoms with Gasteiger partial charge in [-0.1, -0.05) is 15.9 Å². The van der Waals surface area contributed by atoms with Gasteiger partial charge in [0.25, 0.3) is 5.19 Å². The maximum Gasteiger partial charge on any atom is 0.298 e. The first-order valence-electron chi connectivity index (χ1n) is 3.75. The highest BCUT2D eigenvalue weighted by atomic mass is 79.9. The molecule has 0 aliphatic rings. The summed E-state index contributed by atoms with van der Waals surface area (Å²) >= 11 is 4.49. The van der Waals surface area contributed by atoms with Crippen molar-refractivity contribution in [1.29, 1.82) is 0 Å². The number of nitrogens with two attached hydrogens (primary N) is 1. The predicted molar refractivity (Wildman–Crippen MR) is 58.5 cm³/mol. The summed E-state index contributed by atoms with van der Waals surface area (Å²) in [6.07, 6.45) is 1.44. The second-order valence-electron chi connectivity index (χ2n) is 2.49. The summed E-state index contributed by atoms with van der Waals surface area (Å²) in [5.74, 6) is 0.588. The number of benzene rings is 1. The molecule has 0 fully saturated rings. The lowest BCUT2D eigenvalue weighted by atomic mass is 10.3. The van der Waals surface area contributed by atoms with Gasteiger partial charge in [0.15, 0.2) is 5.75 Å². The van der Waals surface area contributed by atoms with E-state index in [4.69, 9.17) is 10.5 Å². The average Bonchev–Trinajstić information content (AvgIpc) is 2.62. The Labute approximate surface area is 93.0 Å². The fraction of sp³-hybridized carbons (Fsp3) is 0. The molecule has 0 aliphatic carbocycles. The second-order valence-corrected chi connectivity index (χ2v) is 4.15.